The summed E-state index contributed by atoms with van der Waals surface area (Å²) in [5.74, 6) is 1.02. The van der Waals surface area contributed by atoms with Crippen molar-refractivity contribution >= 4 is 28.7 Å². The van der Waals surface area contributed by atoms with E-state index in [1.165, 1.54) is 0 Å². The Labute approximate surface area is 134 Å². The third-order valence-corrected chi connectivity index (χ3v) is 4.07. The van der Waals surface area contributed by atoms with E-state index < -0.39 is 0 Å². The molecule has 1 saturated heterocycles. The number of pyridine rings is 1. The van der Waals surface area contributed by atoms with Crippen LogP contribution in [-0.2, 0) is 17.8 Å². The minimum Gasteiger partial charge on any atom is -0.339 e. The maximum absolute atomic E-state index is 12.5. The highest BCUT2D eigenvalue weighted by Gasteiger charge is 2.20. The largest absolute Gasteiger partial charge is 0.339 e. The van der Waals surface area contributed by atoms with E-state index in [-0.39, 0.29) is 5.91 Å². The van der Waals surface area contributed by atoms with E-state index >= 15 is 0 Å². The normalized spacial score (nSPS) is 15.5. The average molecular weight is 322 g/mol. The quantitative estimate of drug-likeness (QED) is 0.926. The number of imidazole rings is 1. The molecular weight excluding hydrogens is 302 g/mol. The van der Waals surface area contributed by atoms with Crippen molar-refractivity contribution in [2.75, 3.05) is 26.2 Å². The molecule has 118 valence electrons. The van der Waals surface area contributed by atoms with Crippen LogP contribution in [0.3, 0.4) is 0 Å². The number of carbonyl (C=O) groups is 1. The smallest absolute Gasteiger partial charge is 0.242 e. The first-order valence-electron chi connectivity index (χ1n) is 7.68. The fourth-order valence-corrected chi connectivity index (χ4v) is 2.92. The fourth-order valence-electron chi connectivity index (χ4n) is 2.76. The summed E-state index contributed by atoms with van der Waals surface area (Å²) in [4.78, 5) is 23.4. The molecule has 0 spiro atoms. The maximum atomic E-state index is 12.5. The number of carbonyl (C=O) groups excluding carboxylic acids is 1. The molecule has 2 aromatic rings. The molecular formula is C15H20ClN5O. The van der Waals surface area contributed by atoms with E-state index in [4.69, 9.17) is 11.6 Å². The third kappa shape index (κ3) is 3.08. The standard InChI is InChI=1S/C15H20ClN5O/c1-2-3-13-19-12-8-11(16)9-18-15(12)21(13)10-14(22)20-6-4-17-5-7-20/h8-9,17H,2-7,10H2,1H3. The molecule has 1 aliphatic heterocycles. The van der Waals surface area contributed by atoms with Crippen LogP contribution in [0.5, 0.6) is 0 Å². The van der Waals surface area contributed by atoms with Gasteiger partial charge in [0.2, 0.25) is 5.91 Å². The van der Waals surface area contributed by atoms with Gasteiger partial charge in [0, 0.05) is 38.8 Å². The molecule has 6 nitrogen and oxygen atoms in total. The van der Waals surface area contributed by atoms with Gasteiger partial charge in [-0.15, -0.1) is 0 Å². The Balaban J connectivity index is 1.90. The molecule has 1 fully saturated rings. The van der Waals surface area contributed by atoms with Crippen LogP contribution in [0.2, 0.25) is 5.02 Å². The van der Waals surface area contributed by atoms with Crippen LogP contribution in [0.15, 0.2) is 12.3 Å². The molecule has 0 aromatic carbocycles. The molecule has 0 radical (unpaired) electrons. The van der Waals surface area contributed by atoms with Crippen molar-refractivity contribution in [2.24, 2.45) is 0 Å². The summed E-state index contributed by atoms with van der Waals surface area (Å²) in [6.45, 7) is 5.61. The molecule has 0 bridgehead atoms. The molecule has 22 heavy (non-hydrogen) atoms. The molecule has 1 aliphatic rings. The summed E-state index contributed by atoms with van der Waals surface area (Å²) in [7, 11) is 0. The molecule has 1 N–H and O–H groups in total. The molecule has 7 heteroatoms. The van der Waals surface area contributed by atoms with Crippen LogP contribution >= 0.6 is 11.6 Å². The van der Waals surface area contributed by atoms with Crippen LogP contribution in [-0.4, -0.2) is 51.5 Å². The number of aromatic nitrogens is 3. The summed E-state index contributed by atoms with van der Waals surface area (Å²) >= 11 is 5.99. The van der Waals surface area contributed by atoms with Gasteiger partial charge in [0.25, 0.3) is 0 Å². The first-order chi connectivity index (χ1) is 10.7. The fraction of sp³-hybridized carbons (Fsp3) is 0.533. The van der Waals surface area contributed by atoms with Gasteiger partial charge in [0.15, 0.2) is 5.65 Å². The zero-order valence-corrected chi connectivity index (χ0v) is 13.4. The highest BCUT2D eigenvalue weighted by atomic mass is 35.5. The Kier molecular flexibility index (Phi) is 4.59. The van der Waals surface area contributed by atoms with Crippen LogP contribution in [0.25, 0.3) is 11.2 Å². The first kappa shape index (κ1) is 15.2. The molecule has 0 atom stereocenters. The summed E-state index contributed by atoms with van der Waals surface area (Å²) in [5.41, 5.74) is 1.49. The molecule has 0 unspecified atom stereocenters. The predicted molar refractivity (Wildman–Crippen MR) is 86.0 cm³/mol. The maximum Gasteiger partial charge on any atom is 0.242 e. The minimum absolute atomic E-state index is 0.120. The van der Waals surface area contributed by atoms with Crippen molar-refractivity contribution in [1.82, 2.24) is 24.8 Å². The number of amides is 1. The topological polar surface area (TPSA) is 63.1 Å². The molecule has 2 aromatic heterocycles. The number of nitrogens with one attached hydrogen (secondary N) is 1. The van der Waals surface area contributed by atoms with Gasteiger partial charge in [-0.3, -0.25) is 4.79 Å². The van der Waals surface area contributed by atoms with Gasteiger partial charge < -0.3 is 14.8 Å². The van der Waals surface area contributed by atoms with Crippen molar-refractivity contribution in [3.63, 3.8) is 0 Å². The SMILES string of the molecule is CCCc1nc2cc(Cl)cnc2n1CC(=O)N1CCNCC1. The lowest BCUT2D eigenvalue weighted by Gasteiger charge is -2.27. The van der Waals surface area contributed by atoms with E-state index in [1.54, 1.807) is 12.3 Å². The number of nitrogens with zero attached hydrogens (tertiary/aromatic N) is 4. The van der Waals surface area contributed by atoms with E-state index in [1.807, 2.05) is 9.47 Å². The number of piperazine rings is 1. The summed E-state index contributed by atoms with van der Waals surface area (Å²) in [6.07, 6.45) is 3.40. The molecule has 0 aliphatic carbocycles. The number of fused-ring (bicyclic) bond motifs is 1. The number of halogens is 1. The zero-order chi connectivity index (χ0) is 15.5. The minimum atomic E-state index is 0.120. The van der Waals surface area contributed by atoms with Gasteiger partial charge in [-0.2, -0.15) is 0 Å². The van der Waals surface area contributed by atoms with Crippen molar-refractivity contribution in [1.29, 1.82) is 0 Å². The van der Waals surface area contributed by atoms with E-state index in [9.17, 15) is 4.79 Å². The van der Waals surface area contributed by atoms with Crippen LogP contribution < -0.4 is 5.32 Å². The van der Waals surface area contributed by atoms with Crippen molar-refractivity contribution in [2.45, 2.75) is 26.3 Å². The van der Waals surface area contributed by atoms with Crippen LogP contribution in [0, 0.1) is 0 Å². The van der Waals surface area contributed by atoms with Gasteiger partial charge in [0.05, 0.1) is 5.02 Å². The van der Waals surface area contributed by atoms with Crippen molar-refractivity contribution in [3.05, 3.63) is 23.1 Å². The van der Waals surface area contributed by atoms with E-state index in [0.29, 0.717) is 11.6 Å². The Morgan fingerprint density at radius 3 is 2.91 bits per heavy atom. The van der Waals surface area contributed by atoms with Gasteiger partial charge in [-0.05, 0) is 12.5 Å². The summed E-state index contributed by atoms with van der Waals surface area (Å²) in [5, 5.41) is 3.82. The van der Waals surface area contributed by atoms with Gasteiger partial charge in [-0.1, -0.05) is 18.5 Å². The third-order valence-electron chi connectivity index (χ3n) is 3.87. The molecule has 0 saturated carbocycles. The van der Waals surface area contributed by atoms with Gasteiger partial charge >= 0.3 is 0 Å². The van der Waals surface area contributed by atoms with E-state index in [2.05, 4.69) is 22.2 Å². The molecule has 3 heterocycles. The highest BCUT2D eigenvalue weighted by molar-refractivity contribution is 6.31. The van der Waals surface area contributed by atoms with Crippen LogP contribution in [0.1, 0.15) is 19.2 Å². The lowest BCUT2D eigenvalue weighted by molar-refractivity contribution is -0.132. The van der Waals surface area contributed by atoms with Gasteiger partial charge in [-0.25, -0.2) is 9.97 Å². The second-order valence-electron chi connectivity index (χ2n) is 5.49. The Morgan fingerprint density at radius 1 is 1.41 bits per heavy atom. The number of aryl methyl sites for hydroxylation is 1. The summed E-state index contributed by atoms with van der Waals surface area (Å²) < 4.78 is 1.93. The number of hydrogen-bond acceptors (Lipinski definition) is 4. The second-order valence-corrected chi connectivity index (χ2v) is 5.93. The second kappa shape index (κ2) is 6.62. The van der Waals surface area contributed by atoms with Gasteiger partial charge in [0.1, 0.15) is 17.9 Å². The monoisotopic (exact) mass is 321 g/mol. The lowest BCUT2D eigenvalue weighted by atomic mass is 10.3. The predicted octanol–water partition coefficient (Wildman–Crippen LogP) is 1.47. The van der Waals surface area contributed by atoms with Crippen LogP contribution in [0.4, 0.5) is 0 Å². The number of rotatable bonds is 4. The Morgan fingerprint density at radius 2 is 2.18 bits per heavy atom. The average Bonchev–Trinajstić information content (AvgIpc) is 2.85. The molecule has 1 amide bonds. The Bertz CT molecular complexity index is 678. The number of hydrogen-bond donors (Lipinski definition) is 1. The van der Waals surface area contributed by atoms with E-state index in [0.717, 1.165) is 56.0 Å². The summed E-state index contributed by atoms with van der Waals surface area (Å²) in [6, 6.07) is 1.80. The van der Waals surface area contributed by atoms with Crippen molar-refractivity contribution < 1.29 is 4.79 Å². The zero-order valence-electron chi connectivity index (χ0n) is 12.7. The first-order valence-corrected chi connectivity index (χ1v) is 8.06. The Hall–Kier alpha value is -1.66. The van der Waals surface area contributed by atoms with Crippen molar-refractivity contribution in [3.8, 4) is 0 Å². The highest BCUT2D eigenvalue weighted by Crippen LogP contribution is 2.19. The lowest BCUT2D eigenvalue weighted by Crippen LogP contribution is -2.47. The molecule has 3 rings (SSSR count).